The van der Waals surface area contributed by atoms with E-state index < -0.39 is 11.8 Å². The minimum atomic E-state index is -0.928. The molecule has 0 aromatic heterocycles. The van der Waals surface area contributed by atoms with E-state index in [0.29, 0.717) is 12.3 Å². The predicted molar refractivity (Wildman–Crippen MR) is 80.2 cm³/mol. The van der Waals surface area contributed by atoms with Crippen LogP contribution in [0.25, 0.3) is 0 Å². The highest BCUT2D eigenvalue weighted by Crippen LogP contribution is 2.10. The van der Waals surface area contributed by atoms with E-state index in [4.69, 9.17) is 11.6 Å². The Hall–Kier alpha value is -1.68. The molecule has 0 N–H and O–H groups in total. The Bertz CT molecular complexity index is 494. The van der Waals surface area contributed by atoms with Gasteiger partial charge in [-0.05, 0) is 30.9 Å². The van der Waals surface area contributed by atoms with Crippen molar-refractivity contribution in [2.24, 2.45) is 0 Å². The van der Waals surface area contributed by atoms with Crippen LogP contribution >= 0.6 is 11.6 Å². The molecule has 0 amide bonds. The van der Waals surface area contributed by atoms with Gasteiger partial charge in [0, 0.05) is 12.3 Å². The number of ketones is 2. The number of alkyl halides is 1. The van der Waals surface area contributed by atoms with Gasteiger partial charge in [-0.3, -0.25) is 9.59 Å². The van der Waals surface area contributed by atoms with Crippen LogP contribution in [0.15, 0.2) is 24.3 Å². The predicted octanol–water partition coefficient (Wildman–Crippen LogP) is 2.84. The van der Waals surface area contributed by atoms with Crippen LogP contribution in [0.1, 0.15) is 37.3 Å². The summed E-state index contributed by atoms with van der Waals surface area (Å²) in [4.78, 5) is 34.0. The van der Waals surface area contributed by atoms with Gasteiger partial charge in [0.1, 0.15) is 5.78 Å². The van der Waals surface area contributed by atoms with Crippen molar-refractivity contribution in [3.8, 4) is 0 Å². The highest BCUT2D eigenvalue weighted by atomic mass is 35.5. The molecule has 1 aromatic rings. The Morgan fingerprint density at radius 2 is 1.71 bits per heavy atom. The van der Waals surface area contributed by atoms with Gasteiger partial charge in [-0.2, -0.15) is 0 Å². The van der Waals surface area contributed by atoms with E-state index in [1.165, 1.54) is 0 Å². The van der Waals surface area contributed by atoms with E-state index >= 15 is 0 Å². The molecular formula is C16H19ClO4. The molecule has 0 saturated heterocycles. The van der Waals surface area contributed by atoms with Crippen molar-refractivity contribution >= 4 is 29.1 Å². The summed E-state index contributed by atoms with van der Waals surface area (Å²) in [7, 11) is 0. The van der Waals surface area contributed by atoms with Crippen LogP contribution in [0.2, 0.25) is 0 Å². The van der Waals surface area contributed by atoms with Crippen LogP contribution < -0.4 is 0 Å². The number of hydrogen-bond acceptors (Lipinski definition) is 4. The zero-order chi connectivity index (χ0) is 15.7. The fourth-order valence-electron chi connectivity index (χ4n) is 1.84. The molecule has 0 spiro atoms. The number of benzene rings is 1. The van der Waals surface area contributed by atoms with Crippen LogP contribution in [0, 0.1) is 0 Å². The fourth-order valence-corrected chi connectivity index (χ4v) is 2.01. The Morgan fingerprint density at radius 3 is 2.29 bits per heavy atom. The monoisotopic (exact) mass is 310 g/mol. The summed E-state index contributed by atoms with van der Waals surface area (Å²) < 4.78 is 4.55. The van der Waals surface area contributed by atoms with Gasteiger partial charge in [0.05, 0.1) is 13.0 Å². The summed E-state index contributed by atoms with van der Waals surface area (Å²) in [5.74, 6) is -1.45. The topological polar surface area (TPSA) is 60.4 Å². The average molecular weight is 311 g/mol. The first-order valence-electron chi connectivity index (χ1n) is 6.92. The van der Waals surface area contributed by atoms with Crippen molar-refractivity contribution in [2.75, 3.05) is 6.61 Å². The lowest BCUT2D eigenvalue weighted by atomic mass is 10.0. The van der Waals surface area contributed by atoms with Crippen molar-refractivity contribution in [3.05, 3.63) is 35.4 Å². The quantitative estimate of drug-likeness (QED) is 0.304. The third-order valence-electron chi connectivity index (χ3n) is 2.96. The lowest BCUT2D eigenvalue weighted by Crippen LogP contribution is -2.20. The molecule has 0 aliphatic rings. The second kappa shape index (κ2) is 9.29. The molecular weight excluding hydrogens is 292 g/mol. The Morgan fingerprint density at radius 1 is 1.10 bits per heavy atom. The van der Waals surface area contributed by atoms with Gasteiger partial charge >= 0.3 is 5.97 Å². The van der Waals surface area contributed by atoms with E-state index in [9.17, 15) is 14.4 Å². The molecule has 0 unspecified atom stereocenters. The van der Waals surface area contributed by atoms with E-state index in [2.05, 4.69) is 4.74 Å². The molecule has 0 aliphatic heterocycles. The highest BCUT2D eigenvalue weighted by molar-refractivity contribution is 6.37. The number of hydrogen-bond donors (Lipinski definition) is 0. The normalized spacial score (nSPS) is 10.2. The third-order valence-corrected chi connectivity index (χ3v) is 3.27. The molecule has 0 fully saturated rings. The second-order valence-corrected chi connectivity index (χ2v) is 4.93. The van der Waals surface area contributed by atoms with Gasteiger partial charge < -0.3 is 4.74 Å². The molecule has 0 atom stereocenters. The average Bonchev–Trinajstić information content (AvgIpc) is 2.48. The molecule has 0 aliphatic carbocycles. The van der Waals surface area contributed by atoms with Gasteiger partial charge in [0.15, 0.2) is 0 Å². The van der Waals surface area contributed by atoms with Crippen molar-refractivity contribution in [1.82, 2.24) is 0 Å². The number of aryl methyl sites for hydroxylation is 1. The summed E-state index contributed by atoms with van der Waals surface area (Å²) in [6.45, 7) is 1.75. The fraction of sp³-hybridized carbons (Fsp3) is 0.438. The van der Waals surface area contributed by atoms with Gasteiger partial charge in [-0.1, -0.05) is 24.3 Å². The van der Waals surface area contributed by atoms with E-state index in [-0.39, 0.29) is 25.2 Å². The maximum absolute atomic E-state index is 11.6. The smallest absolute Gasteiger partial charge is 0.375 e. The lowest BCUT2D eigenvalue weighted by Gasteiger charge is -2.03. The Kier molecular flexibility index (Phi) is 7.69. The Labute approximate surface area is 129 Å². The summed E-state index contributed by atoms with van der Waals surface area (Å²) in [5.41, 5.74) is 2.17. The second-order valence-electron chi connectivity index (χ2n) is 4.66. The number of esters is 1. The summed E-state index contributed by atoms with van der Waals surface area (Å²) >= 11 is 5.71. The van der Waals surface area contributed by atoms with Crippen LogP contribution in [-0.4, -0.2) is 24.1 Å². The van der Waals surface area contributed by atoms with Crippen molar-refractivity contribution < 1.29 is 19.1 Å². The summed E-state index contributed by atoms with van der Waals surface area (Å²) in [6, 6.07) is 7.86. The number of carbonyl (C=O) groups excluding carboxylic acids is 3. The molecule has 5 heteroatoms. The molecule has 21 heavy (non-hydrogen) atoms. The number of halogens is 1. The molecule has 0 radical (unpaired) electrons. The van der Waals surface area contributed by atoms with Gasteiger partial charge in [-0.15, -0.1) is 11.6 Å². The largest absolute Gasteiger partial charge is 0.460 e. The van der Waals surface area contributed by atoms with E-state index in [1.807, 2.05) is 24.3 Å². The molecule has 0 bridgehead atoms. The molecule has 1 aromatic carbocycles. The maximum Gasteiger partial charge on any atom is 0.375 e. The molecule has 0 heterocycles. The molecule has 114 valence electrons. The SMILES string of the molecule is CCOC(=O)C(=O)CC(=O)CCCc1ccc(CCl)cc1. The number of rotatable bonds is 9. The number of ether oxygens (including phenoxy) is 1. The van der Waals surface area contributed by atoms with Crippen molar-refractivity contribution in [3.63, 3.8) is 0 Å². The first-order valence-corrected chi connectivity index (χ1v) is 7.45. The standard InChI is InChI=1S/C16H19ClO4/c1-2-21-16(20)15(19)10-14(18)5-3-4-12-6-8-13(11-17)9-7-12/h6-9H,2-5,10-11H2,1H3. The first kappa shape index (κ1) is 17.4. The van der Waals surface area contributed by atoms with Crippen molar-refractivity contribution in [2.45, 2.75) is 38.5 Å². The highest BCUT2D eigenvalue weighted by Gasteiger charge is 2.18. The van der Waals surface area contributed by atoms with Crippen LogP contribution in [0.4, 0.5) is 0 Å². The third kappa shape index (κ3) is 6.54. The van der Waals surface area contributed by atoms with Gasteiger partial charge in [0.2, 0.25) is 5.78 Å². The number of Topliss-reactive ketones (excluding diaryl/α,β-unsaturated/α-hetero) is 2. The van der Waals surface area contributed by atoms with Gasteiger partial charge in [-0.25, -0.2) is 4.79 Å². The molecule has 1 rings (SSSR count). The van der Waals surface area contributed by atoms with Crippen LogP contribution in [0.3, 0.4) is 0 Å². The number of carbonyl (C=O) groups is 3. The van der Waals surface area contributed by atoms with Crippen LogP contribution in [-0.2, 0) is 31.4 Å². The minimum Gasteiger partial charge on any atom is -0.460 e. The molecule has 4 nitrogen and oxygen atoms in total. The lowest BCUT2D eigenvalue weighted by molar-refractivity contribution is -0.154. The van der Waals surface area contributed by atoms with E-state index in [0.717, 1.165) is 17.5 Å². The minimum absolute atomic E-state index is 0.136. The van der Waals surface area contributed by atoms with Crippen LogP contribution in [0.5, 0.6) is 0 Å². The first-order chi connectivity index (χ1) is 10.1. The Balaban J connectivity index is 2.29. The summed E-state index contributed by atoms with van der Waals surface area (Å²) in [6.07, 6.45) is 1.31. The zero-order valence-corrected chi connectivity index (χ0v) is 12.8. The van der Waals surface area contributed by atoms with E-state index in [1.54, 1.807) is 6.92 Å². The van der Waals surface area contributed by atoms with Gasteiger partial charge in [0.25, 0.3) is 0 Å². The molecule has 0 saturated carbocycles. The maximum atomic E-state index is 11.6. The zero-order valence-electron chi connectivity index (χ0n) is 12.1. The van der Waals surface area contributed by atoms with Crippen molar-refractivity contribution in [1.29, 1.82) is 0 Å². The summed E-state index contributed by atoms with van der Waals surface area (Å²) in [5, 5.41) is 0.